The summed E-state index contributed by atoms with van der Waals surface area (Å²) in [7, 11) is 0. The van der Waals surface area contributed by atoms with Crippen molar-refractivity contribution in [1.82, 2.24) is 4.90 Å². The molecule has 5 nitrogen and oxygen atoms in total. The van der Waals surface area contributed by atoms with Crippen molar-refractivity contribution in [2.45, 2.75) is 18.8 Å². The van der Waals surface area contributed by atoms with Crippen LogP contribution in [0.1, 0.15) is 24.3 Å². The van der Waals surface area contributed by atoms with Crippen molar-refractivity contribution >= 4 is 24.2 Å². The second-order valence-electron chi connectivity index (χ2n) is 5.22. The van der Waals surface area contributed by atoms with Crippen molar-refractivity contribution in [2.75, 3.05) is 19.6 Å². The van der Waals surface area contributed by atoms with E-state index in [1.54, 1.807) is 4.90 Å². The summed E-state index contributed by atoms with van der Waals surface area (Å²) in [6, 6.07) is 9.52. The molecule has 1 aliphatic heterocycles. The molecule has 0 aromatic heterocycles. The number of carbonyl (C=O) groups excluding carboxylic acids is 2. The lowest BCUT2D eigenvalue weighted by atomic mass is 9.93. The van der Waals surface area contributed by atoms with E-state index in [1.165, 1.54) is 0 Å². The summed E-state index contributed by atoms with van der Waals surface area (Å²) in [6.07, 6.45) is 1.57. The van der Waals surface area contributed by atoms with Gasteiger partial charge in [0.05, 0.1) is 11.8 Å². The van der Waals surface area contributed by atoms with E-state index in [9.17, 15) is 9.59 Å². The number of hydrogen-bond donors (Lipinski definition) is 2. The number of halogens is 1. The Bertz CT molecular complexity index is 481. The van der Waals surface area contributed by atoms with E-state index in [-0.39, 0.29) is 42.6 Å². The Balaban J connectivity index is 0.00000220. The van der Waals surface area contributed by atoms with Gasteiger partial charge in [-0.2, -0.15) is 0 Å². The average Bonchev–Trinajstić information content (AvgIpc) is 2.49. The number of primary amides is 1. The van der Waals surface area contributed by atoms with Crippen molar-refractivity contribution in [3.05, 3.63) is 35.9 Å². The van der Waals surface area contributed by atoms with Crippen molar-refractivity contribution in [3.8, 4) is 0 Å². The van der Waals surface area contributed by atoms with Crippen LogP contribution in [0.2, 0.25) is 0 Å². The predicted molar refractivity (Wildman–Crippen MR) is 84.0 cm³/mol. The highest BCUT2D eigenvalue weighted by Crippen LogP contribution is 2.22. The molecular weight excluding hydrogens is 290 g/mol. The summed E-state index contributed by atoms with van der Waals surface area (Å²) < 4.78 is 0. The molecular formula is C15H22ClN3O2. The van der Waals surface area contributed by atoms with Crippen LogP contribution in [0.15, 0.2) is 30.3 Å². The van der Waals surface area contributed by atoms with E-state index in [0.717, 1.165) is 18.4 Å². The number of likely N-dealkylation sites (tertiary alicyclic amines) is 1. The Labute approximate surface area is 131 Å². The Morgan fingerprint density at radius 2 is 1.95 bits per heavy atom. The molecule has 4 N–H and O–H groups in total. The van der Waals surface area contributed by atoms with Gasteiger partial charge >= 0.3 is 0 Å². The zero-order valence-corrected chi connectivity index (χ0v) is 12.7. The summed E-state index contributed by atoms with van der Waals surface area (Å²) in [4.78, 5) is 25.6. The van der Waals surface area contributed by atoms with E-state index in [2.05, 4.69) is 0 Å². The second kappa shape index (κ2) is 8.00. The molecule has 0 bridgehead atoms. The van der Waals surface area contributed by atoms with Crippen LogP contribution in [0.25, 0.3) is 0 Å². The van der Waals surface area contributed by atoms with Crippen LogP contribution in [-0.2, 0) is 9.59 Å². The summed E-state index contributed by atoms with van der Waals surface area (Å²) in [5, 5.41) is 0. The second-order valence-corrected chi connectivity index (χ2v) is 5.22. The quantitative estimate of drug-likeness (QED) is 0.864. The third kappa shape index (κ3) is 4.19. The maximum Gasteiger partial charge on any atom is 0.231 e. The first-order valence-corrected chi connectivity index (χ1v) is 6.96. The minimum atomic E-state index is -0.345. The van der Waals surface area contributed by atoms with Gasteiger partial charge in [0.25, 0.3) is 0 Å². The smallest absolute Gasteiger partial charge is 0.231 e. The van der Waals surface area contributed by atoms with Gasteiger partial charge in [-0.1, -0.05) is 30.3 Å². The van der Waals surface area contributed by atoms with Gasteiger partial charge in [0.15, 0.2) is 0 Å². The molecule has 1 aromatic carbocycles. The standard InChI is InChI=1S/C15H21N3O2.ClH/c16-9-13(11-5-2-1-3-6-11)15(20)18-8-4-7-12(10-18)14(17)19;/h1-3,5-6,12-13H,4,7-10,16H2,(H2,17,19);1H. The predicted octanol–water partition coefficient (Wildman–Crippen LogP) is 0.875. The molecule has 2 unspecified atom stereocenters. The average molecular weight is 312 g/mol. The van der Waals surface area contributed by atoms with Crippen LogP contribution in [0.4, 0.5) is 0 Å². The van der Waals surface area contributed by atoms with Gasteiger partial charge in [-0.3, -0.25) is 9.59 Å². The molecule has 0 spiro atoms. The zero-order chi connectivity index (χ0) is 14.5. The highest BCUT2D eigenvalue weighted by Gasteiger charge is 2.30. The topological polar surface area (TPSA) is 89.4 Å². The summed E-state index contributed by atoms with van der Waals surface area (Å²) in [6.45, 7) is 1.35. The number of nitrogens with zero attached hydrogens (tertiary/aromatic N) is 1. The van der Waals surface area contributed by atoms with E-state index in [0.29, 0.717) is 13.1 Å². The minimum Gasteiger partial charge on any atom is -0.369 e. The third-order valence-electron chi connectivity index (χ3n) is 3.87. The van der Waals surface area contributed by atoms with E-state index < -0.39 is 0 Å². The van der Waals surface area contributed by atoms with Gasteiger partial charge in [0.1, 0.15) is 0 Å². The maximum absolute atomic E-state index is 12.6. The third-order valence-corrected chi connectivity index (χ3v) is 3.87. The van der Waals surface area contributed by atoms with Gasteiger partial charge in [0, 0.05) is 19.6 Å². The fraction of sp³-hybridized carbons (Fsp3) is 0.467. The Hall–Kier alpha value is -1.59. The first-order chi connectivity index (χ1) is 9.63. The molecule has 6 heteroatoms. The molecule has 0 radical (unpaired) electrons. The van der Waals surface area contributed by atoms with Gasteiger partial charge in [-0.05, 0) is 18.4 Å². The molecule has 1 saturated heterocycles. The van der Waals surface area contributed by atoms with Crippen molar-refractivity contribution in [1.29, 1.82) is 0 Å². The number of amides is 2. The molecule has 2 rings (SSSR count). The molecule has 2 atom stereocenters. The Morgan fingerprint density at radius 3 is 2.52 bits per heavy atom. The Morgan fingerprint density at radius 1 is 1.29 bits per heavy atom. The number of carbonyl (C=O) groups is 2. The van der Waals surface area contributed by atoms with Crippen LogP contribution in [0.5, 0.6) is 0 Å². The minimum absolute atomic E-state index is 0. The summed E-state index contributed by atoms with van der Waals surface area (Å²) in [5.74, 6) is -0.916. The van der Waals surface area contributed by atoms with Gasteiger partial charge < -0.3 is 16.4 Å². The fourth-order valence-corrected chi connectivity index (χ4v) is 2.69. The normalized spacial score (nSPS) is 19.5. The number of piperidine rings is 1. The number of hydrogen-bond acceptors (Lipinski definition) is 3. The van der Waals surface area contributed by atoms with Crippen molar-refractivity contribution in [3.63, 3.8) is 0 Å². The van der Waals surface area contributed by atoms with Crippen LogP contribution >= 0.6 is 12.4 Å². The van der Waals surface area contributed by atoms with Crippen molar-refractivity contribution in [2.24, 2.45) is 17.4 Å². The SMILES string of the molecule is Cl.NCC(C(=O)N1CCCC(C(N)=O)C1)c1ccccc1. The highest BCUT2D eigenvalue weighted by atomic mass is 35.5. The van der Waals surface area contributed by atoms with Gasteiger partial charge in [-0.25, -0.2) is 0 Å². The summed E-state index contributed by atoms with van der Waals surface area (Å²) >= 11 is 0. The molecule has 1 aromatic rings. The molecule has 116 valence electrons. The van der Waals surface area contributed by atoms with Crippen LogP contribution in [0, 0.1) is 5.92 Å². The molecule has 0 saturated carbocycles. The first-order valence-electron chi connectivity index (χ1n) is 6.96. The Kier molecular flexibility index (Phi) is 6.65. The number of rotatable bonds is 4. The maximum atomic E-state index is 12.6. The molecule has 1 aliphatic rings. The van der Waals surface area contributed by atoms with E-state index in [4.69, 9.17) is 11.5 Å². The van der Waals surface area contributed by atoms with Crippen molar-refractivity contribution < 1.29 is 9.59 Å². The van der Waals surface area contributed by atoms with E-state index >= 15 is 0 Å². The molecule has 21 heavy (non-hydrogen) atoms. The lowest BCUT2D eigenvalue weighted by Gasteiger charge is -2.33. The largest absolute Gasteiger partial charge is 0.369 e. The lowest BCUT2D eigenvalue weighted by molar-refractivity contribution is -0.136. The fourth-order valence-electron chi connectivity index (χ4n) is 2.69. The molecule has 1 heterocycles. The monoisotopic (exact) mass is 311 g/mol. The first kappa shape index (κ1) is 17.5. The van der Waals surface area contributed by atoms with Gasteiger partial charge in [-0.15, -0.1) is 12.4 Å². The number of nitrogens with two attached hydrogens (primary N) is 2. The molecule has 1 fully saturated rings. The van der Waals surface area contributed by atoms with Crippen LogP contribution in [0.3, 0.4) is 0 Å². The molecule has 2 amide bonds. The van der Waals surface area contributed by atoms with Gasteiger partial charge in [0.2, 0.25) is 11.8 Å². The van der Waals surface area contributed by atoms with E-state index in [1.807, 2.05) is 30.3 Å². The lowest BCUT2D eigenvalue weighted by Crippen LogP contribution is -2.46. The number of benzene rings is 1. The molecule has 0 aliphatic carbocycles. The van der Waals surface area contributed by atoms with Crippen LogP contribution in [-0.4, -0.2) is 36.3 Å². The van der Waals surface area contributed by atoms with Crippen LogP contribution < -0.4 is 11.5 Å². The zero-order valence-electron chi connectivity index (χ0n) is 11.9. The summed E-state index contributed by atoms with van der Waals surface area (Å²) in [5.41, 5.74) is 12.0. The highest BCUT2D eigenvalue weighted by molar-refractivity contribution is 5.85.